The van der Waals surface area contributed by atoms with Gasteiger partial charge in [0.25, 0.3) is 5.89 Å². The molecule has 1 fully saturated rings. The van der Waals surface area contributed by atoms with E-state index in [0.717, 1.165) is 30.0 Å². The zero-order chi connectivity index (χ0) is 29.9. The molecular weight excluding hydrogens is 532 g/mol. The number of benzene rings is 2. The molecule has 4 aromatic rings. The molecule has 0 atom stereocenters. The first-order valence-electron chi connectivity index (χ1n) is 14.2. The minimum Gasteiger partial charge on any atom is -0.490 e. The number of hydrogen-bond acceptors (Lipinski definition) is 8. The third-order valence-electron chi connectivity index (χ3n) is 7.21. The Bertz CT molecular complexity index is 1500. The Hall–Kier alpha value is -4.40. The Labute approximate surface area is 246 Å². The molecule has 1 N–H and O–H groups in total. The maximum absolute atomic E-state index is 12.0. The molecular formula is C33H38N4O5. The molecule has 2 aromatic carbocycles. The SMILES string of the molecule is Cc1nnc(-c2cccc(COc3ccc(C(C)(C)c4ccc(OC5CC(NC(=O)OC(C)(C)C)C5)cc4)cc3)n2)o1. The van der Waals surface area contributed by atoms with Crippen molar-refractivity contribution in [3.05, 3.63) is 89.4 Å². The fourth-order valence-electron chi connectivity index (χ4n) is 4.77. The van der Waals surface area contributed by atoms with E-state index in [1.165, 1.54) is 11.1 Å². The summed E-state index contributed by atoms with van der Waals surface area (Å²) in [5.74, 6) is 2.48. The van der Waals surface area contributed by atoms with Crippen molar-refractivity contribution in [2.24, 2.45) is 0 Å². The van der Waals surface area contributed by atoms with Crippen molar-refractivity contribution in [1.82, 2.24) is 20.5 Å². The summed E-state index contributed by atoms with van der Waals surface area (Å²) in [4.78, 5) is 16.5. The van der Waals surface area contributed by atoms with E-state index in [9.17, 15) is 4.79 Å². The Morgan fingerprint density at radius 3 is 2.14 bits per heavy atom. The lowest BCUT2D eigenvalue weighted by atomic mass is 9.78. The molecule has 1 aliphatic rings. The van der Waals surface area contributed by atoms with Gasteiger partial charge in [-0.1, -0.05) is 44.2 Å². The highest BCUT2D eigenvalue weighted by Crippen LogP contribution is 2.34. The Kier molecular flexibility index (Phi) is 8.20. The number of aromatic nitrogens is 3. The van der Waals surface area contributed by atoms with Gasteiger partial charge in [-0.25, -0.2) is 9.78 Å². The molecule has 0 spiro atoms. The lowest BCUT2D eigenvalue weighted by molar-refractivity contribution is 0.0363. The summed E-state index contributed by atoms with van der Waals surface area (Å²) in [5, 5.41) is 10.8. The van der Waals surface area contributed by atoms with E-state index in [0.29, 0.717) is 24.1 Å². The van der Waals surface area contributed by atoms with Gasteiger partial charge in [0.05, 0.1) is 5.69 Å². The zero-order valence-corrected chi connectivity index (χ0v) is 25.0. The van der Waals surface area contributed by atoms with E-state index in [4.69, 9.17) is 18.6 Å². The second-order valence-electron chi connectivity index (χ2n) is 12.2. The first kappa shape index (κ1) is 29.1. The van der Waals surface area contributed by atoms with Gasteiger partial charge in [-0.05, 0) is 68.3 Å². The largest absolute Gasteiger partial charge is 0.490 e. The molecule has 0 bridgehead atoms. The summed E-state index contributed by atoms with van der Waals surface area (Å²) in [6.07, 6.45) is 1.23. The normalized spacial score (nSPS) is 16.8. The van der Waals surface area contributed by atoms with Gasteiger partial charge in [-0.3, -0.25) is 0 Å². The number of hydrogen-bond donors (Lipinski definition) is 1. The van der Waals surface area contributed by atoms with Crippen LogP contribution in [0.1, 0.15) is 70.2 Å². The van der Waals surface area contributed by atoms with Crippen molar-refractivity contribution in [3.63, 3.8) is 0 Å². The van der Waals surface area contributed by atoms with E-state index in [1.807, 2.05) is 63.2 Å². The van der Waals surface area contributed by atoms with E-state index in [2.05, 4.69) is 58.6 Å². The van der Waals surface area contributed by atoms with Crippen LogP contribution < -0.4 is 14.8 Å². The van der Waals surface area contributed by atoms with Gasteiger partial charge in [-0.2, -0.15) is 0 Å². The van der Waals surface area contributed by atoms with Crippen LogP contribution in [0.4, 0.5) is 4.79 Å². The highest BCUT2D eigenvalue weighted by molar-refractivity contribution is 5.68. The average Bonchev–Trinajstić information content (AvgIpc) is 3.37. The molecule has 0 radical (unpaired) electrons. The number of alkyl carbamates (subject to hydrolysis) is 1. The third-order valence-corrected chi connectivity index (χ3v) is 7.21. The van der Waals surface area contributed by atoms with Gasteiger partial charge >= 0.3 is 6.09 Å². The van der Waals surface area contributed by atoms with Crippen molar-refractivity contribution >= 4 is 6.09 Å². The lowest BCUT2D eigenvalue weighted by Crippen LogP contribution is -2.50. The number of carbonyl (C=O) groups is 1. The van der Waals surface area contributed by atoms with Gasteiger partial charge in [-0.15, -0.1) is 10.2 Å². The first-order valence-corrected chi connectivity index (χ1v) is 14.2. The van der Waals surface area contributed by atoms with Gasteiger partial charge in [0.1, 0.15) is 35.5 Å². The molecule has 220 valence electrons. The topological polar surface area (TPSA) is 109 Å². The minimum atomic E-state index is -0.503. The molecule has 9 heteroatoms. The minimum absolute atomic E-state index is 0.0806. The van der Waals surface area contributed by atoms with Gasteiger partial charge in [0.15, 0.2) is 0 Å². The number of pyridine rings is 1. The predicted octanol–water partition coefficient (Wildman–Crippen LogP) is 6.78. The van der Waals surface area contributed by atoms with Crippen LogP contribution >= 0.6 is 0 Å². The maximum atomic E-state index is 12.0. The van der Waals surface area contributed by atoms with Crippen molar-refractivity contribution in [2.45, 2.75) is 84.2 Å². The van der Waals surface area contributed by atoms with Crippen LogP contribution in [0, 0.1) is 6.92 Å². The fraction of sp³-hybridized carbons (Fsp3) is 0.394. The van der Waals surface area contributed by atoms with E-state index in [-0.39, 0.29) is 23.7 Å². The molecule has 0 saturated heterocycles. The lowest BCUT2D eigenvalue weighted by Gasteiger charge is -2.36. The third kappa shape index (κ3) is 7.26. The monoisotopic (exact) mass is 570 g/mol. The number of carbonyl (C=O) groups excluding carboxylic acids is 1. The van der Waals surface area contributed by atoms with Crippen LogP contribution in [-0.2, 0) is 16.8 Å². The zero-order valence-electron chi connectivity index (χ0n) is 25.0. The van der Waals surface area contributed by atoms with E-state index < -0.39 is 5.60 Å². The van der Waals surface area contributed by atoms with E-state index >= 15 is 0 Å². The van der Waals surface area contributed by atoms with Gasteiger partial charge in [0, 0.05) is 31.2 Å². The Balaban J connectivity index is 1.12. The second-order valence-corrected chi connectivity index (χ2v) is 12.2. The summed E-state index contributed by atoms with van der Waals surface area (Å²) < 4.78 is 22.9. The van der Waals surface area contributed by atoms with Crippen molar-refractivity contribution < 1.29 is 23.4 Å². The number of rotatable bonds is 9. The second kappa shape index (κ2) is 11.8. The molecule has 1 amide bonds. The number of nitrogens with one attached hydrogen (secondary N) is 1. The van der Waals surface area contributed by atoms with Crippen LogP contribution in [-0.4, -0.2) is 39.0 Å². The van der Waals surface area contributed by atoms with E-state index in [1.54, 1.807) is 6.92 Å². The molecule has 2 heterocycles. The molecule has 2 aromatic heterocycles. The average molecular weight is 571 g/mol. The highest BCUT2D eigenvalue weighted by atomic mass is 16.6. The maximum Gasteiger partial charge on any atom is 0.407 e. The number of aryl methyl sites for hydroxylation is 1. The van der Waals surface area contributed by atoms with Crippen molar-refractivity contribution in [1.29, 1.82) is 0 Å². The van der Waals surface area contributed by atoms with Crippen LogP contribution in [0.25, 0.3) is 11.6 Å². The molecule has 9 nitrogen and oxygen atoms in total. The Morgan fingerprint density at radius 1 is 0.905 bits per heavy atom. The summed E-state index contributed by atoms with van der Waals surface area (Å²) >= 11 is 0. The number of nitrogens with zero attached hydrogens (tertiary/aromatic N) is 3. The molecule has 0 aliphatic heterocycles. The summed E-state index contributed by atoms with van der Waals surface area (Å²) in [6.45, 7) is 12.0. The van der Waals surface area contributed by atoms with Crippen molar-refractivity contribution in [3.8, 4) is 23.1 Å². The summed E-state index contributed by atoms with van der Waals surface area (Å²) in [5.41, 5.74) is 3.03. The molecule has 42 heavy (non-hydrogen) atoms. The van der Waals surface area contributed by atoms with Gasteiger partial charge < -0.3 is 23.9 Å². The molecule has 0 unspecified atom stereocenters. The smallest absolute Gasteiger partial charge is 0.407 e. The summed E-state index contributed by atoms with van der Waals surface area (Å²) in [7, 11) is 0. The first-order chi connectivity index (χ1) is 19.9. The highest BCUT2D eigenvalue weighted by Gasteiger charge is 2.33. The fourth-order valence-corrected chi connectivity index (χ4v) is 4.77. The quantitative estimate of drug-likeness (QED) is 0.235. The number of amides is 1. The van der Waals surface area contributed by atoms with Crippen LogP contribution in [0.3, 0.4) is 0 Å². The van der Waals surface area contributed by atoms with Crippen molar-refractivity contribution in [2.75, 3.05) is 0 Å². The van der Waals surface area contributed by atoms with Crippen LogP contribution in [0.5, 0.6) is 11.5 Å². The number of ether oxygens (including phenoxy) is 3. The standard InChI is InChI=1S/C33H38N4O5/c1-21-36-37-30(40-21)29-9-7-8-24(34-29)20-39-26-14-10-22(11-15-26)33(5,6)23-12-16-27(17-13-23)41-28-18-25(19-28)35-31(38)42-32(2,3)4/h7-17,25,28H,18-20H2,1-6H3,(H,35,38). The van der Waals surface area contributed by atoms with Gasteiger partial charge in [0.2, 0.25) is 5.89 Å². The summed E-state index contributed by atoms with van der Waals surface area (Å²) in [6, 6.07) is 22.1. The van der Waals surface area contributed by atoms with Crippen LogP contribution in [0.2, 0.25) is 0 Å². The molecule has 1 saturated carbocycles. The Morgan fingerprint density at radius 2 is 1.55 bits per heavy atom. The molecule has 5 rings (SSSR count). The molecule has 1 aliphatic carbocycles. The predicted molar refractivity (Wildman–Crippen MR) is 158 cm³/mol. The van der Waals surface area contributed by atoms with Crippen LogP contribution in [0.15, 0.2) is 71.1 Å².